The van der Waals surface area contributed by atoms with E-state index in [1.807, 2.05) is 0 Å². The average molecular weight is 238 g/mol. The van der Waals surface area contributed by atoms with Crippen molar-refractivity contribution in [1.29, 1.82) is 0 Å². The fraction of sp³-hybridized carbons (Fsp3) is 0.500. The van der Waals surface area contributed by atoms with Crippen LogP contribution in [0.3, 0.4) is 0 Å². The molecule has 2 radical (unpaired) electrons. The van der Waals surface area contributed by atoms with Crippen molar-refractivity contribution < 1.29 is 75.3 Å². The van der Waals surface area contributed by atoms with Gasteiger partial charge < -0.3 is 5.11 Å². The summed E-state index contributed by atoms with van der Waals surface area (Å²) < 4.78 is 0. The fourth-order valence-electron chi connectivity index (χ4n) is 0. The second kappa shape index (κ2) is 9.84. The SMILES string of the molecule is CC(=O)O.[Y].[Y]. The van der Waals surface area contributed by atoms with Crippen molar-refractivity contribution in [3.8, 4) is 0 Å². The molecule has 0 unspecified atom stereocenters. The number of carbonyl (C=O) groups is 1. The van der Waals surface area contributed by atoms with Gasteiger partial charge in [-0.3, -0.25) is 4.79 Å². The Morgan fingerprint density at radius 2 is 1.50 bits per heavy atom. The summed E-state index contributed by atoms with van der Waals surface area (Å²) in [5.41, 5.74) is 0. The first-order valence-corrected chi connectivity index (χ1v) is 0.928. The van der Waals surface area contributed by atoms with E-state index in [9.17, 15) is 0 Å². The molecule has 0 aromatic heterocycles. The molecule has 0 aliphatic rings. The molecule has 0 bridgehead atoms. The molecule has 0 amide bonds. The van der Waals surface area contributed by atoms with Crippen LogP contribution in [0.1, 0.15) is 6.92 Å². The Morgan fingerprint density at radius 3 is 1.50 bits per heavy atom. The van der Waals surface area contributed by atoms with Crippen LogP contribution in [0.5, 0.6) is 0 Å². The molecule has 0 aromatic carbocycles. The number of hydrogen-bond donors (Lipinski definition) is 1. The Balaban J connectivity index is -0.0000000450. The number of aliphatic carboxylic acids is 1. The van der Waals surface area contributed by atoms with Crippen LogP contribution in [0.4, 0.5) is 0 Å². The zero-order chi connectivity index (χ0) is 3.58. The Labute approximate surface area is 86.8 Å². The van der Waals surface area contributed by atoms with Crippen LogP contribution < -0.4 is 0 Å². The number of carboxylic acids is 1. The van der Waals surface area contributed by atoms with Crippen molar-refractivity contribution in [1.82, 2.24) is 0 Å². The molecule has 1 N–H and O–H groups in total. The normalized spacial score (nSPS) is 4.17. The second-order valence-electron chi connectivity index (χ2n) is 0.519. The van der Waals surface area contributed by atoms with E-state index in [0.717, 1.165) is 6.92 Å². The van der Waals surface area contributed by atoms with E-state index in [1.165, 1.54) is 0 Å². The predicted octanol–water partition coefficient (Wildman–Crippen LogP) is 0.0859. The quantitative estimate of drug-likeness (QED) is 0.649. The van der Waals surface area contributed by atoms with Crippen LogP contribution in [-0.2, 0) is 70.2 Å². The molecule has 0 aliphatic carbocycles. The van der Waals surface area contributed by atoms with Crippen LogP contribution in [-0.4, -0.2) is 11.1 Å². The number of carboxylic acid groups (broad SMARTS) is 1. The van der Waals surface area contributed by atoms with E-state index in [4.69, 9.17) is 9.90 Å². The zero-order valence-corrected chi connectivity index (χ0v) is 9.19. The van der Waals surface area contributed by atoms with Crippen molar-refractivity contribution in [3.63, 3.8) is 0 Å². The molecular weight excluding hydrogens is 234 g/mol. The van der Waals surface area contributed by atoms with Gasteiger partial charge in [0.05, 0.1) is 0 Å². The summed E-state index contributed by atoms with van der Waals surface area (Å²) in [6, 6.07) is 0. The Kier molecular flexibility index (Phi) is 25.7. The van der Waals surface area contributed by atoms with Crippen molar-refractivity contribution in [2.75, 3.05) is 0 Å². The minimum atomic E-state index is -0.833. The molecule has 0 heterocycles. The third kappa shape index (κ3) is 44.1. The molecule has 0 spiro atoms. The van der Waals surface area contributed by atoms with E-state index in [1.54, 1.807) is 0 Å². The van der Waals surface area contributed by atoms with E-state index in [-0.39, 0.29) is 65.4 Å². The van der Waals surface area contributed by atoms with Crippen molar-refractivity contribution in [2.45, 2.75) is 6.92 Å². The van der Waals surface area contributed by atoms with Gasteiger partial charge >= 0.3 is 0 Å². The molecule has 0 saturated heterocycles. The minimum Gasteiger partial charge on any atom is -0.481 e. The van der Waals surface area contributed by atoms with Gasteiger partial charge in [0.2, 0.25) is 0 Å². The molecule has 0 aliphatic heterocycles. The standard InChI is InChI=1S/C2H4O2.2Y/c1-2(3)4;;/h1H3,(H,3,4);;. The molecular formula is C2H4O2Y2. The van der Waals surface area contributed by atoms with Gasteiger partial charge in [-0.15, -0.1) is 0 Å². The first kappa shape index (κ1) is 15.6. The van der Waals surface area contributed by atoms with Crippen LogP contribution >= 0.6 is 0 Å². The maximum absolute atomic E-state index is 9.00. The molecule has 0 rings (SSSR count). The van der Waals surface area contributed by atoms with Gasteiger partial charge in [-0.2, -0.15) is 0 Å². The minimum absolute atomic E-state index is 0. The monoisotopic (exact) mass is 238 g/mol. The van der Waals surface area contributed by atoms with Gasteiger partial charge in [0, 0.05) is 72.3 Å². The van der Waals surface area contributed by atoms with E-state index < -0.39 is 5.97 Å². The Hall–Kier alpha value is 1.68. The summed E-state index contributed by atoms with van der Waals surface area (Å²) in [6.45, 7) is 1.08. The van der Waals surface area contributed by atoms with E-state index in [0.29, 0.717) is 0 Å². The van der Waals surface area contributed by atoms with Crippen molar-refractivity contribution in [2.24, 2.45) is 0 Å². The molecule has 4 heteroatoms. The summed E-state index contributed by atoms with van der Waals surface area (Å²) in [6.07, 6.45) is 0. The number of rotatable bonds is 0. The van der Waals surface area contributed by atoms with Crippen molar-refractivity contribution in [3.05, 3.63) is 0 Å². The van der Waals surface area contributed by atoms with Gasteiger partial charge in [-0.05, 0) is 0 Å². The summed E-state index contributed by atoms with van der Waals surface area (Å²) in [7, 11) is 0. The summed E-state index contributed by atoms with van der Waals surface area (Å²) >= 11 is 0. The molecule has 30 valence electrons. The van der Waals surface area contributed by atoms with E-state index in [2.05, 4.69) is 0 Å². The van der Waals surface area contributed by atoms with Crippen LogP contribution in [0.25, 0.3) is 0 Å². The van der Waals surface area contributed by atoms with Gasteiger partial charge in [0.25, 0.3) is 5.97 Å². The largest absolute Gasteiger partial charge is 0.481 e. The van der Waals surface area contributed by atoms with Gasteiger partial charge in [-0.1, -0.05) is 0 Å². The zero-order valence-electron chi connectivity index (χ0n) is 3.51. The van der Waals surface area contributed by atoms with Crippen LogP contribution in [0.15, 0.2) is 0 Å². The summed E-state index contributed by atoms with van der Waals surface area (Å²) in [5.74, 6) is -0.833. The fourth-order valence-corrected chi connectivity index (χ4v) is 0. The topological polar surface area (TPSA) is 37.3 Å². The van der Waals surface area contributed by atoms with Crippen LogP contribution in [0, 0.1) is 0 Å². The molecule has 2 nitrogen and oxygen atoms in total. The molecule has 0 fully saturated rings. The average Bonchev–Trinajstić information content (AvgIpc) is 0.811. The molecule has 6 heavy (non-hydrogen) atoms. The Morgan fingerprint density at radius 1 is 1.50 bits per heavy atom. The third-order valence-electron chi connectivity index (χ3n) is 0. The van der Waals surface area contributed by atoms with Gasteiger partial charge in [0.1, 0.15) is 0 Å². The second-order valence-corrected chi connectivity index (χ2v) is 0.519. The predicted molar refractivity (Wildman–Crippen MR) is 13.3 cm³/mol. The van der Waals surface area contributed by atoms with Gasteiger partial charge in [-0.25, -0.2) is 0 Å². The Bertz CT molecular complexity index is 32.5. The van der Waals surface area contributed by atoms with Crippen LogP contribution in [0.2, 0.25) is 0 Å². The van der Waals surface area contributed by atoms with Gasteiger partial charge in [0.15, 0.2) is 0 Å². The van der Waals surface area contributed by atoms with Crippen molar-refractivity contribution >= 4 is 5.97 Å². The smallest absolute Gasteiger partial charge is 0.300 e. The molecule has 0 aromatic rings. The summed E-state index contributed by atoms with van der Waals surface area (Å²) in [4.78, 5) is 9.00. The maximum atomic E-state index is 9.00. The third-order valence-corrected chi connectivity index (χ3v) is 0. The molecule has 0 saturated carbocycles. The van der Waals surface area contributed by atoms with E-state index >= 15 is 0 Å². The number of hydrogen-bond acceptors (Lipinski definition) is 1. The first-order valence-electron chi connectivity index (χ1n) is 0.928. The maximum Gasteiger partial charge on any atom is 0.300 e. The molecule has 0 atom stereocenters. The summed E-state index contributed by atoms with van der Waals surface area (Å²) in [5, 5.41) is 7.42. The first-order chi connectivity index (χ1) is 1.73.